The van der Waals surface area contributed by atoms with Crippen LogP contribution in [0.4, 0.5) is 11.4 Å². The maximum Gasteiger partial charge on any atom is 0.234 e. The number of thioether (sulfide) groups is 1. The van der Waals surface area contributed by atoms with Crippen molar-refractivity contribution in [3.63, 3.8) is 0 Å². The third-order valence-electron chi connectivity index (χ3n) is 2.01. The van der Waals surface area contributed by atoms with Gasteiger partial charge in [0.15, 0.2) is 0 Å². The summed E-state index contributed by atoms with van der Waals surface area (Å²) in [6.07, 6.45) is 0. The molecule has 100 valence electrons. The Kier molecular flexibility index (Phi) is 6.63. The van der Waals surface area contributed by atoms with Crippen LogP contribution in [0.2, 0.25) is 10.0 Å². The van der Waals surface area contributed by atoms with E-state index in [4.69, 9.17) is 33.7 Å². The Balaban J connectivity index is 2.54. The molecule has 0 heterocycles. The highest BCUT2D eigenvalue weighted by molar-refractivity contribution is 7.99. The molecule has 0 saturated heterocycles. The van der Waals surface area contributed by atoms with Gasteiger partial charge in [0.2, 0.25) is 5.91 Å². The number of nitrogens with one attached hydrogen (secondary N) is 1. The minimum Gasteiger partial charge on any atom is -0.397 e. The molecule has 1 rings (SSSR count). The molecule has 0 aromatic heterocycles. The lowest BCUT2D eigenvalue weighted by Gasteiger charge is -2.10. The number of carbonyl (C=O) groups excluding carboxylic acids is 1. The molecule has 3 N–H and O–H groups in total. The van der Waals surface area contributed by atoms with E-state index < -0.39 is 0 Å². The number of rotatable bonds is 6. The molecule has 0 fully saturated rings. The first-order chi connectivity index (χ1) is 8.54. The number of benzene rings is 1. The van der Waals surface area contributed by atoms with Crippen molar-refractivity contribution in [1.29, 1.82) is 0 Å². The van der Waals surface area contributed by atoms with Crippen LogP contribution in [0.5, 0.6) is 0 Å². The average molecular weight is 309 g/mol. The zero-order valence-corrected chi connectivity index (χ0v) is 12.2. The van der Waals surface area contributed by atoms with Gasteiger partial charge in [0.1, 0.15) is 0 Å². The van der Waals surface area contributed by atoms with E-state index in [2.05, 4.69) is 5.32 Å². The number of ether oxygens (including phenoxy) is 1. The van der Waals surface area contributed by atoms with Crippen LogP contribution in [-0.2, 0) is 9.53 Å². The van der Waals surface area contributed by atoms with Crippen molar-refractivity contribution in [2.24, 2.45) is 0 Å². The van der Waals surface area contributed by atoms with E-state index in [1.54, 1.807) is 13.2 Å². The van der Waals surface area contributed by atoms with Gasteiger partial charge < -0.3 is 15.8 Å². The number of hydrogen-bond acceptors (Lipinski definition) is 4. The highest BCUT2D eigenvalue weighted by atomic mass is 35.5. The first-order valence-corrected chi connectivity index (χ1v) is 7.06. The summed E-state index contributed by atoms with van der Waals surface area (Å²) in [5, 5.41) is 3.43. The molecule has 0 atom stereocenters. The summed E-state index contributed by atoms with van der Waals surface area (Å²) in [7, 11) is 1.62. The fraction of sp³-hybridized carbons (Fsp3) is 0.364. The zero-order chi connectivity index (χ0) is 13.5. The lowest BCUT2D eigenvalue weighted by atomic mass is 10.2. The number of anilines is 2. The predicted molar refractivity (Wildman–Crippen MR) is 78.7 cm³/mol. The molecule has 1 aromatic rings. The van der Waals surface area contributed by atoms with Gasteiger partial charge in [-0.2, -0.15) is 0 Å². The summed E-state index contributed by atoms with van der Waals surface area (Å²) in [5.74, 6) is 0.919. The number of nitrogen functional groups attached to an aromatic ring is 1. The number of amides is 1. The average Bonchev–Trinajstić information content (AvgIpc) is 2.29. The second-order valence-corrected chi connectivity index (χ2v) is 5.39. The summed E-state index contributed by atoms with van der Waals surface area (Å²) in [5.41, 5.74) is 6.49. The molecule has 0 radical (unpaired) electrons. The molecule has 18 heavy (non-hydrogen) atoms. The van der Waals surface area contributed by atoms with E-state index in [1.807, 2.05) is 0 Å². The molecular weight excluding hydrogens is 295 g/mol. The van der Waals surface area contributed by atoms with Crippen molar-refractivity contribution in [2.75, 3.05) is 36.3 Å². The Morgan fingerprint density at radius 3 is 2.83 bits per heavy atom. The van der Waals surface area contributed by atoms with E-state index in [9.17, 15) is 4.79 Å². The van der Waals surface area contributed by atoms with Crippen LogP contribution in [0.1, 0.15) is 0 Å². The molecule has 0 bridgehead atoms. The monoisotopic (exact) mass is 308 g/mol. The van der Waals surface area contributed by atoms with Crippen LogP contribution in [0.25, 0.3) is 0 Å². The molecule has 1 amide bonds. The summed E-state index contributed by atoms with van der Waals surface area (Å²) in [4.78, 5) is 11.6. The normalized spacial score (nSPS) is 10.4. The Hall–Kier alpha value is -0.620. The maximum atomic E-state index is 11.6. The number of halogens is 2. The largest absolute Gasteiger partial charge is 0.397 e. The number of methoxy groups -OCH3 is 1. The van der Waals surface area contributed by atoms with Crippen LogP contribution in [0.15, 0.2) is 12.1 Å². The topological polar surface area (TPSA) is 64.3 Å². The zero-order valence-electron chi connectivity index (χ0n) is 9.83. The third kappa shape index (κ3) is 4.94. The Morgan fingerprint density at radius 2 is 2.22 bits per heavy atom. The highest BCUT2D eigenvalue weighted by Gasteiger charge is 2.10. The number of nitrogens with two attached hydrogens (primary N) is 1. The van der Waals surface area contributed by atoms with Gasteiger partial charge in [-0.05, 0) is 12.1 Å². The fourth-order valence-electron chi connectivity index (χ4n) is 1.21. The van der Waals surface area contributed by atoms with E-state index >= 15 is 0 Å². The van der Waals surface area contributed by atoms with Crippen LogP contribution in [0, 0.1) is 0 Å². The molecule has 0 saturated carbocycles. The molecule has 4 nitrogen and oxygen atoms in total. The summed E-state index contributed by atoms with van der Waals surface area (Å²) in [6.45, 7) is 0.613. The van der Waals surface area contributed by atoms with Gasteiger partial charge in [0.05, 0.1) is 28.8 Å². The summed E-state index contributed by atoms with van der Waals surface area (Å²) >= 11 is 13.2. The number of carbonyl (C=O) groups is 1. The molecule has 0 unspecified atom stereocenters. The highest BCUT2D eigenvalue weighted by Crippen LogP contribution is 2.32. The quantitative estimate of drug-likeness (QED) is 0.626. The minimum atomic E-state index is -0.160. The van der Waals surface area contributed by atoms with Crippen molar-refractivity contribution in [3.8, 4) is 0 Å². The van der Waals surface area contributed by atoms with Gasteiger partial charge in [-0.1, -0.05) is 23.2 Å². The van der Waals surface area contributed by atoms with Crippen LogP contribution in [0.3, 0.4) is 0 Å². The van der Waals surface area contributed by atoms with E-state index in [1.165, 1.54) is 17.8 Å². The molecule has 0 aliphatic heterocycles. The SMILES string of the molecule is COCCSCC(=O)Nc1c(N)cc(Cl)cc1Cl. The van der Waals surface area contributed by atoms with E-state index in [0.29, 0.717) is 33.8 Å². The van der Waals surface area contributed by atoms with Gasteiger partial charge in [-0.3, -0.25) is 4.79 Å². The Labute approximate surface area is 120 Å². The van der Waals surface area contributed by atoms with Gasteiger partial charge in [0.25, 0.3) is 0 Å². The van der Waals surface area contributed by atoms with Crippen molar-refractivity contribution >= 4 is 52.2 Å². The second-order valence-electron chi connectivity index (χ2n) is 3.45. The van der Waals surface area contributed by atoms with Gasteiger partial charge in [-0.25, -0.2) is 0 Å². The Bertz CT molecular complexity index is 406. The van der Waals surface area contributed by atoms with Gasteiger partial charge in [-0.15, -0.1) is 11.8 Å². The first-order valence-electron chi connectivity index (χ1n) is 5.15. The van der Waals surface area contributed by atoms with Gasteiger partial charge >= 0.3 is 0 Å². The second kappa shape index (κ2) is 7.74. The third-order valence-corrected chi connectivity index (χ3v) is 3.45. The summed E-state index contributed by atoms with van der Waals surface area (Å²) in [6, 6.07) is 3.08. The van der Waals surface area contributed by atoms with Crippen molar-refractivity contribution < 1.29 is 9.53 Å². The minimum absolute atomic E-state index is 0.160. The van der Waals surface area contributed by atoms with Crippen molar-refractivity contribution in [2.45, 2.75) is 0 Å². The molecule has 0 aliphatic rings. The Morgan fingerprint density at radius 1 is 1.50 bits per heavy atom. The van der Waals surface area contributed by atoms with Crippen molar-refractivity contribution in [1.82, 2.24) is 0 Å². The van der Waals surface area contributed by atoms with Gasteiger partial charge in [0, 0.05) is 17.9 Å². The lowest BCUT2D eigenvalue weighted by molar-refractivity contribution is -0.113. The molecule has 7 heteroatoms. The molecular formula is C11H14Cl2N2O2S. The van der Waals surface area contributed by atoms with Crippen LogP contribution < -0.4 is 11.1 Å². The van der Waals surface area contributed by atoms with Crippen molar-refractivity contribution in [3.05, 3.63) is 22.2 Å². The lowest BCUT2D eigenvalue weighted by Crippen LogP contribution is -2.16. The number of hydrogen-bond donors (Lipinski definition) is 2. The van der Waals surface area contributed by atoms with Crippen LogP contribution in [-0.4, -0.2) is 31.1 Å². The van der Waals surface area contributed by atoms with E-state index in [-0.39, 0.29) is 5.91 Å². The standard InChI is InChI=1S/C11H14Cl2N2O2S/c1-17-2-3-18-6-10(16)15-11-8(13)4-7(12)5-9(11)14/h4-5H,2-3,6,14H2,1H3,(H,15,16). The predicted octanol–water partition coefficient (Wildman–Crippen LogP) is 2.89. The maximum absolute atomic E-state index is 11.6. The first kappa shape index (κ1) is 15.4. The van der Waals surface area contributed by atoms with E-state index in [0.717, 1.165) is 5.75 Å². The fourth-order valence-corrected chi connectivity index (χ4v) is 2.45. The summed E-state index contributed by atoms with van der Waals surface area (Å²) < 4.78 is 4.89. The molecule has 1 aromatic carbocycles. The van der Waals surface area contributed by atoms with Crippen LogP contribution >= 0.6 is 35.0 Å². The molecule has 0 spiro atoms. The smallest absolute Gasteiger partial charge is 0.234 e. The molecule has 0 aliphatic carbocycles.